The highest BCUT2D eigenvalue weighted by Gasteiger charge is 2.23. The van der Waals surface area contributed by atoms with Crippen LogP contribution in [0.25, 0.3) is 0 Å². The van der Waals surface area contributed by atoms with Crippen LogP contribution in [-0.2, 0) is 19.4 Å². The predicted octanol–water partition coefficient (Wildman–Crippen LogP) is 3.14. The Morgan fingerprint density at radius 2 is 2.17 bits per heavy atom. The second-order valence-electron chi connectivity index (χ2n) is 4.86. The Morgan fingerprint density at radius 3 is 2.94 bits per heavy atom. The van der Waals surface area contributed by atoms with E-state index < -0.39 is 0 Å². The zero-order valence-electron chi connectivity index (χ0n) is 10.6. The summed E-state index contributed by atoms with van der Waals surface area (Å²) in [7, 11) is 1.98. The highest BCUT2D eigenvalue weighted by atomic mass is 32.1. The number of hydrogen-bond donors (Lipinski definition) is 1. The summed E-state index contributed by atoms with van der Waals surface area (Å²) in [5, 5.41) is 4.42. The molecule has 1 unspecified atom stereocenters. The first-order valence-electron chi connectivity index (χ1n) is 6.54. The van der Waals surface area contributed by atoms with Gasteiger partial charge in [0.1, 0.15) is 5.01 Å². The summed E-state index contributed by atoms with van der Waals surface area (Å²) in [6.07, 6.45) is 3.54. The molecule has 0 saturated carbocycles. The molecule has 0 fully saturated rings. The van der Waals surface area contributed by atoms with Gasteiger partial charge in [-0.2, -0.15) is 0 Å². The molecule has 1 atom stereocenters. The molecule has 1 aromatic carbocycles. The quantitative estimate of drug-likeness (QED) is 0.915. The zero-order valence-corrected chi connectivity index (χ0v) is 11.5. The number of rotatable bonds is 3. The van der Waals surface area contributed by atoms with Gasteiger partial charge in [-0.1, -0.05) is 30.3 Å². The van der Waals surface area contributed by atoms with Crippen LogP contribution in [0.5, 0.6) is 0 Å². The van der Waals surface area contributed by atoms with Crippen molar-refractivity contribution in [2.75, 3.05) is 7.05 Å². The minimum Gasteiger partial charge on any atom is -0.314 e. The number of nitrogens with one attached hydrogen (secondary N) is 1. The fourth-order valence-electron chi connectivity index (χ4n) is 2.66. The molecule has 1 aliphatic rings. The van der Waals surface area contributed by atoms with Gasteiger partial charge in [0.15, 0.2) is 0 Å². The van der Waals surface area contributed by atoms with Crippen LogP contribution in [0.1, 0.15) is 33.5 Å². The van der Waals surface area contributed by atoms with Gasteiger partial charge in [-0.15, -0.1) is 11.3 Å². The maximum absolute atomic E-state index is 4.72. The van der Waals surface area contributed by atoms with Gasteiger partial charge in [-0.25, -0.2) is 4.98 Å². The molecule has 0 saturated heterocycles. The normalized spacial score (nSPS) is 18.6. The average molecular weight is 258 g/mol. The van der Waals surface area contributed by atoms with E-state index in [9.17, 15) is 0 Å². The van der Waals surface area contributed by atoms with Crippen molar-refractivity contribution in [3.63, 3.8) is 0 Å². The number of hydrogen-bond acceptors (Lipinski definition) is 3. The Kier molecular flexibility index (Phi) is 3.43. The number of fused-ring (bicyclic) bond motifs is 1. The third kappa shape index (κ3) is 2.33. The first-order valence-corrected chi connectivity index (χ1v) is 7.35. The number of aromatic nitrogens is 1. The van der Waals surface area contributed by atoms with Gasteiger partial charge in [-0.3, -0.25) is 0 Å². The molecule has 18 heavy (non-hydrogen) atoms. The van der Waals surface area contributed by atoms with Crippen molar-refractivity contribution in [1.29, 1.82) is 0 Å². The largest absolute Gasteiger partial charge is 0.314 e. The molecule has 0 radical (unpaired) electrons. The fourth-order valence-corrected chi connectivity index (χ4v) is 3.87. The fraction of sp³-hybridized carbons (Fsp3) is 0.400. The Balaban J connectivity index is 1.80. The molecular weight excluding hydrogens is 240 g/mol. The molecule has 0 bridgehead atoms. The summed E-state index contributed by atoms with van der Waals surface area (Å²) >= 11 is 1.88. The third-order valence-corrected chi connectivity index (χ3v) is 4.70. The monoisotopic (exact) mass is 258 g/mol. The van der Waals surface area contributed by atoms with Crippen LogP contribution in [0.2, 0.25) is 0 Å². The molecule has 1 aromatic heterocycles. The second-order valence-corrected chi connectivity index (χ2v) is 6.03. The number of nitrogens with zero attached hydrogens (tertiary/aromatic N) is 1. The zero-order chi connectivity index (χ0) is 12.4. The molecule has 1 heterocycles. The molecule has 0 aliphatic heterocycles. The standard InChI is InChI=1S/C15H18N2S/c1-16-10-15-17-13-8-7-12(9-14(13)18-15)11-5-3-2-4-6-11/h2-6,12,16H,7-10H2,1H3. The summed E-state index contributed by atoms with van der Waals surface area (Å²) in [6, 6.07) is 10.9. The van der Waals surface area contributed by atoms with Crippen LogP contribution in [0.3, 0.4) is 0 Å². The van der Waals surface area contributed by atoms with E-state index >= 15 is 0 Å². The average Bonchev–Trinajstić information content (AvgIpc) is 2.81. The van der Waals surface area contributed by atoms with E-state index in [-0.39, 0.29) is 0 Å². The van der Waals surface area contributed by atoms with E-state index in [2.05, 4.69) is 35.6 Å². The lowest BCUT2D eigenvalue weighted by Gasteiger charge is -2.21. The van der Waals surface area contributed by atoms with Crippen molar-refractivity contribution in [2.24, 2.45) is 0 Å². The Labute approximate surface area is 112 Å². The van der Waals surface area contributed by atoms with Crippen LogP contribution >= 0.6 is 11.3 Å². The molecule has 1 N–H and O–H groups in total. The van der Waals surface area contributed by atoms with E-state index in [0.29, 0.717) is 5.92 Å². The van der Waals surface area contributed by atoms with Crippen LogP contribution in [0.15, 0.2) is 30.3 Å². The Hall–Kier alpha value is -1.19. The van der Waals surface area contributed by atoms with Gasteiger partial charge >= 0.3 is 0 Å². The molecular formula is C15H18N2S. The van der Waals surface area contributed by atoms with E-state index in [1.807, 2.05) is 18.4 Å². The first-order chi connectivity index (χ1) is 8.86. The third-order valence-electron chi connectivity index (χ3n) is 3.58. The topological polar surface area (TPSA) is 24.9 Å². The summed E-state index contributed by atoms with van der Waals surface area (Å²) < 4.78 is 0. The second kappa shape index (κ2) is 5.21. The highest BCUT2D eigenvalue weighted by molar-refractivity contribution is 7.11. The molecule has 1 aliphatic carbocycles. The van der Waals surface area contributed by atoms with Gasteiger partial charge in [0.2, 0.25) is 0 Å². The minimum atomic E-state index is 0.682. The van der Waals surface area contributed by atoms with Crippen LogP contribution < -0.4 is 5.32 Å². The molecule has 94 valence electrons. The van der Waals surface area contributed by atoms with Crippen LogP contribution in [0, 0.1) is 0 Å². The predicted molar refractivity (Wildman–Crippen MR) is 76.1 cm³/mol. The van der Waals surface area contributed by atoms with Crippen molar-refractivity contribution < 1.29 is 0 Å². The molecule has 0 spiro atoms. The summed E-state index contributed by atoms with van der Waals surface area (Å²) in [5.74, 6) is 0.682. The Bertz CT molecular complexity index is 519. The van der Waals surface area contributed by atoms with E-state index in [1.165, 1.54) is 34.0 Å². The summed E-state index contributed by atoms with van der Waals surface area (Å²) in [6.45, 7) is 0.896. The maximum atomic E-state index is 4.72. The summed E-state index contributed by atoms with van der Waals surface area (Å²) in [4.78, 5) is 6.22. The lowest BCUT2D eigenvalue weighted by atomic mass is 9.85. The van der Waals surface area contributed by atoms with Gasteiger partial charge in [0.05, 0.1) is 5.69 Å². The molecule has 3 rings (SSSR count). The Morgan fingerprint density at radius 1 is 1.33 bits per heavy atom. The molecule has 3 heteroatoms. The van der Waals surface area contributed by atoms with Crippen LogP contribution in [0.4, 0.5) is 0 Å². The van der Waals surface area contributed by atoms with Crippen molar-refractivity contribution in [1.82, 2.24) is 10.3 Å². The first kappa shape index (κ1) is 11.9. The van der Waals surface area contributed by atoms with Crippen molar-refractivity contribution in [3.05, 3.63) is 51.5 Å². The van der Waals surface area contributed by atoms with Gasteiger partial charge in [0, 0.05) is 11.4 Å². The van der Waals surface area contributed by atoms with E-state index in [4.69, 9.17) is 4.98 Å². The summed E-state index contributed by atoms with van der Waals surface area (Å²) in [5.41, 5.74) is 2.82. The lowest BCUT2D eigenvalue weighted by Crippen LogP contribution is -2.11. The molecule has 2 aromatic rings. The molecule has 0 amide bonds. The van der Waals surface area contributed by atoms with Crippen molar-refractivity contribution in [3.8, 4) is 0 Å². The minimum absolute atomic E-state index is 0.682. The number of benzene rings is 1. The van der Waals surface area contributed by atoms with Gasteiger partial charge < -0.3 is 5.32 Å². The van der Waals surface area contributed by atoms with Crippen LogP contribution in [-0.4, -0.2) is 12.0 Å². The SMILES string of the molecule is CNCc1nc2c(s1)CC(c1ccccc1)CC2. The van der Waals surface area contributed by atoms with E-state index in [0.717, 1.165) is 13.0 Å². The number of aryl methyl sites for hydroxylation is 1. The highest BCUT2D eigenvalue weighted by Crippen LogP contribution is 2.35. The maximum Gasteiger partial charge on any atom is 0.107 e. The van der Waals surface area contributed by atoms with E-state index in [1.54, 1.807) is 0 Å². The van der Waals surface area contributed by atoms with Crippen molar-refractivity contribution >= 4 is 11.3 Å². The van der Waals surface area contributed by atoms with Crippen molar-refractivity contribution in [2.45, 2.75) is 31.7 Å². The number of thiazole rings is 1. The lowest BCUT2D eigenvalue weighted by molar-refractivity contribution is 0.583. The smallest absolute Gasteiger partial charge is 0.107 e. The van der Waals surface area contributed by atoms with Gasteiger partial charge in [-0.05, 0) is 37.8 Å². The van der Waals surface area contributed by atoms with Gasteiger partial charge in [0.25, 0.3) is 0 Å². The molecule has 2 nitrogen and oxygen atoms in total.